The van der Waals surface area contributed by atoms with Gasteiger partial charge in [-0.15, -0.1) is 0 Å². The molecule has 2 nitrogen and oxygen atoms in total. The molecule has 0 bridgehead atoms. The van der Waals surface area contributed by atoms with E-state index in [1.54, 1.807) is 6.20 Å². The summed E-state index contributed by atoms with van der Waals surface area (Å²) < 4.78 is 28.1. The highest BCUT2D eigenvalue weighted by atomic mass is 19.3. The molecule has 0 N–H and O–H groups in total. The second-order valence-corrected chi connectivity index (χ2v) is 5.56. The van der Waals surface area contributed by atoms with Crippen molar-refractivity contribution >= 4 is 10.8 Å². The number of hydrogen-bond donors (Lipinski definition) is 0. The van der Waals surface area contributed by atoms with Crippen LogP contribution in [0.5, 0.6) is 0 Å². The molecule has 0 unspecified atom stereocenters. The Hall–Kier alpha value is -1.71. The largest absolute Gasteiger partial charge is 0.312 e. The molecule has 106 valence electrons. The zero-order valence-electron chi connectivity index (χ0n) is 11.4. The van der Waals surface area contributed by atoms with Crippen LogP contribution in [0.25, 0.3) is 10.8 Å². The van der Waals surface area contributed by atoms with Crippen LogP contribution in [0, 0.1) is 0 Å². The van der Waals surface area contributed by atoms with Crippen LogP contribution in [0.15, 0.2) is 35.3 Å². The first kappa shape index (κ1) is 13.3. The van der Waals surface area contributed by atoms with Crippen molar-refractivity contribution < 1.29 is 8.78 Å². The molecule has 1 aromatic heterocycles. The van der Waals surface area contributed by atoms with Crippen molar-refractivity contribution in [3.63, 3.8) is 0 Å². The van der Waals surface area contributed by atoms with Gasteiger partial charge in [-0.3, -0.25) is 4.79 Å². The van der Waals surface area contributed by atoms with E-state index in [1.807, 2.05) is 31.2 Å². The predicted molar refractivity (Wildman–Crippen MR) is 75.4 cm³/mol. The van der Waals surface area contributed by atoms with E-state index in [0.717, 1.165) is 17.4 Å². The predicted octanol–water partition coefficient (Wildman–Crippen LogP) is 3.92. The third-order valence-corrected chi connectivity index (χ3v) is 4.18. The Bertz CT molecular complexity index is 705. The molecule has 1 fully saturated rings. The summed E-state index contributed by atoms with van der Waals surface area (Å²) in [4.78, 5) is 12.5. The van der Waals surface area contributed by atoms with Crippen LogP contribution in [0.1, 0.15) is 37.8 Å². The van der Waals surface area contributed by atoms with Crippen molar-refractivity contribution in [1.82, 2.24) is 4.57 Å². The van der Waals surface area contributed by atoms with E-state index in [1.165, 1.54) is 4.57 Å². The number of fused-ring (bicyclic) bond motifs is 1. The summed E-state index contributed by atoms with van der Waals surface area (Å²) in [6.45, 7) is 2.03. The van der Waals surface area contributed by atoms with Crippen LogP contribution in [-0.2, 0) is 6.42 Å². The SMILES string of the molecule is CCc1ccc2ccn([C@@H]3CCC(F)(F)C3)c(=O)c2c1. The highest BCUT2D eigenvalue weighted by Gasteiger charge is 2.40. The molecular weight excluding hydrogens is 260 g/mol. The molecular formula is C16H17F2NO. The Morgan fingerprint density at radius 3 is 2.80 bits per heavy atom. The molecule has 1 saturated carbocycles. The summed E-state index contributed by atoms with van der Waals surface area (Å²) >= 11 is 0. The van der Waals surface area contributed by atoms with Gasteiger partial charge in [-0.1, -0.05) is 19.1 Å². The molecule has 1 atom stereocenters. The second-order valence-electron chi connectivity index (χ2n) is 5.56. The third kappa shape index (κ3) is 2.23. The normalized spacial score (nSPS) is 21.4. The Kier molecular flexibility index (Phi) is 3.11. The van der Waals surface area contributed by atoms with E-state index in [4.69, 9.17) is 0 Å². The van der Waals surface area contributed by atoms with Gasteiger partial charge in [0.2, 0.25) is 5.92 Å². The molecule has 0 amide bonds. The summed E-state index contributed by atoms with van der Waals surface area (Å²) in [7, 11) is 0. The topological polar surface area (TPSA) is 22.0 Å². The molecule has 1 aromatic carbocycles. The molecule has 0 aliphatic heterocycles. The lowest BCUT2D eigenvalue weighted by atomic mass is 10.1. The van der Waals surface area contributed by atoms with Crippen LogP contribution < -0.4 is 5.56 Å². The molecule has 0 radical (unpaired) electrons. The maximum atomic E-state index is 13.3. The third-order valence-electron chi connectivity index (χ3n) is 4.18. The van der Waals surface area contributed by atoms with Crippen LogP contribution in [0.2, 0.25) is 0 Å². The standard InChI is InChI=1S/C16H17F2NO/c1-2-11-3-4-12-6-8-19(15(20)14(12)9-11)13-5-7-16(17,18)10-13/h3-4,6,8-9,13H,2,5,7,10H2,1H3/t13-/m1/s1. The Morgan fingerprint density at radius 2 is 2.15 bits per heavy atom. The van der Waals surface area contributed by atoms with E-state index in [-0.39, 0.29) is 24.4 Å². The first-order valence-electron chi connectivity index (χ1n) is 7.02. The van der Waals surface area contributed by atoms with Crippen LogP contribution >= 0.6 is 0 Å². The van der Waals surface area contributed by atoms with Crippen molar-refractivity contribution in [1.29, 1.82) is 0 Å². The molecule has 1 aliphatic rings. The minimum atomic E-state index is -2.63. The number of nitrogens with zero attached hydrogens (tertiary/aromatic N) is 1. The number of pyridine rings is 1. The Labute approximate surface area is 116 Å². The van der Waals surface area contributed by atoms with Gasteiger partial charge in [0.05, 0.1) is 0 Å². The number of aromatic nitrogens is 1. The first-order chi connectivity index (χ1) is 9.50. The fraction of sp³-hybridized carbons (Fsp3) is 0.438. The number of halogens is 2. The summed E-state index contributed by atoms with van der Waals surface area (Å²) in [5.41, 5.74) is 0.935. The summed E-state index contributed by atoms with van der Waals surface area (Å²) in [6, 6.07) is 7.25. The van der Waals surface area contributed by atoms with E-state index < -0.39 is 5.92 Å². The molecule has 20 heavy (non-hydrogen) atoms. The zero-order valence-corrected chi connectivity index (χ0v) is 11.4. The lowest BCUT2D eigenvalue weighted by Gasteiger charge is -2.15. The van der Waals surface area contributed by atoms with E-state index >= 15 is 0 Å². The van der Waals surface area contributed by atoms with Gasteiger partial charge in [-0.05, 0) is 35.9 Å². The summed E-state index contributed by atoms with van der Waals surface area (Å²) in [6.07, 6.45) is 2.52. The van der Waals surface area contributed by atoms with E-state index in [0.29, 0.717) is 11.8 Å². The lowest BCUT2D eigenvalue weighted by molar-refractivity contribution is 0.00553. The van der Waals surface area contributed by atoms with Crippen molar-refractivity contribution in [2.24, 2.45) is 0 Å². The van der Waals surface area contributed by atoms with Gasteiger partial charge in [-0.2, -0.15) is 0 Å². The van der Waals surface area contributed by atoms with Gasteiger partial charge in [-0.25, -0.2) is 8.78 Å². The number of alkyl halides is 2. The summed E-state index contributed by atoms with van der Waals surface area (Å²) in [5, 5.41) is 1.50. The van der Waals surface area contributed by atoms with E-state index in [2.05, 4.69) is 0 Å². The van der Waals surface area contributed by atoms with Gasteiger partial charge in [0, 0.05) is 30.5 Å². The number of hydrogen-bond acceptors (Lipinski definition) is 1. The molecule has 0 spiro atoms. The quantitative estimate of drug-likeness (QED) is 0.815. The molecule has 2 aromatic rings. The minimum Gasteiger partial charge on any atom is -0.312 e. The molecule has 4 heteroatoms. The highest BCUT2D eigenvalue weighted by molar-refractivity contribution is 5.82. The van der Waals surface area contributed by atoms with Crippen molar-refractivity contribution in [2.45, 2.75) is 44.6 Å². The Balaban J connectivity index is 2.09. The fourth-order valence-corrected chi connectivity index (χ4v) is 2.97. The molecule has 3 rings (SSSR count). The lowest BCUT2D eigenvalue weighted by Crippen LogP contribution is -2.24. The van der Waals surface area contributed by atoms with Gasteiger partial charge in [0.25, 0.3) is 5.56 Å². The maximum absolute atomic E-state index is 13.3. The fourth-order valence-electron chi connectivity index (χ4n) is 2.97. The highest BCUT2D eigenvalue weighted by Crippen LogP contribution is 2.41. The molecule has 1 aliphatic carbocycles. The molecule has 1 heterocycles. The Morgan fingerprint density at radius 1 is 1.35 bits per heavy atom. The van der Waals surface area contributed by atoms with E-state index in [9.17, 15) is 13.6 Å². The van der Waals surface area contributed by atoms with Gasteiger partial charge in [0.1, 0.15) is 0 Å². The number of benzene rings is 1. The summed E-state index contributed by atoms with van der Waals surface area (Å²) in [5.74, 6) is -2.63. The van der Waals surface area contributed by atoms with Crippen LogP contribution in [-0.4, -0.2) is 10.5 Å². The maximum Gasteiger partial charge on any atom is 0.258 e. The zero-order chi connectivity index (χ0) is 14.3. The number of rotatable bonds is 2. The first-order valence-corrected chi connectivity index (χ1v) is 7.02. The number of aryl methyl sites for hydroxylation is 1. The van der Waals surface area contributed by atoms with Gasteiger partial charge < -0.3 is 4.57 Å². The van der Waals surface area contributed by atoms with Gasteiger partial charge in [0.15, 0.2) is 0 Å². The molecule has 0 saturated heterocycles. The van der Waals surface area contributed by atoms with Crippen molar-refractivity contribution in [3.8, 4) is 0 Å². The average molecular weight is 277 g/mol. The second kappa shape index (κ2) is 4.69. The monoisotopic (exact) mass is 277 g/mol. The van der Waals surface area contributed by atoms with Crippen molar-refractivity contribution in [3.05, 3.63) is 46.4 Å². The average Bonchev–Trinajstić information content (AvgIpc) is 2.79. The van der Waals surface area contributed by atoms with Crippen LogP contribution in [0.3, 0.4) is 0 Å². The minimum absolute atomic E-state index is 0.128. The van der Waals surface area contributed by atoms with Gasteiger partial charge >= 0.3 is 0 Å². The van der Waals surface area contributed by atoms with Crippen LogP contribution in [0.4, 0.5) is 8.78 Å². The van der Waals surface area contributed by atoms with Crippen molar-refractivity contribution in [2.75, 3.05) is 0 Å². The smallest absolute Gasteiger partial charge is 0.258 e.